The Morgan fingerprint density at radius 1 is 1.05 bits per heavy atom. The van der Waals surface area contributed by atoms with Crippen molar-refractivity contribution < 1.29 is 4.79 Å². The summed E-state index contributed by atoms with van der Waals surface area (Å²) in [6, 6.07) is 12.1. The highest BCUT2D eigenvalue weighted by molar-refractivity contribution is 6.08. The largest absolute Gasteiger partial charge is 0.387 e. The number of hydrogen-bond acceptors (Lipinski definition) is 2. The van der Waals surface area contributed by atoms with E-state index in [1.807, 2.05) is 38.2 Å². The number of benzene rings is 2. The third-order valence-electron chi connectivity index (χ3n) is 4.05. The minimum Gasteiger partial charge on any atom is -0.387 e. The summed E-state index contributed by atoms with van der Waals surface area (Å²) in [6.45, 7) is 1.99. The molecule has 1 aliphatic carbocycles. The Kier molecular flexibility index (Phi) is 3.65. The van der Waals surface area contributed by atoms with Crippen molar-refractivity contribution in [3.63, 3.8) is 0 Å². The second kappa shape index (κ2) is 5.60. The molecule has 0 fully saturated rings. The average molecular weight is 280 g/mol. The second-order valence-electron chi connectivity index (χ2n) is 5.59. The van der Waals surface area contributed by atoms with Crippen LogP contribution in [0.15, 0.2) is 36.4 Å². The van der Waals surface area contributed by atoms with Crippen molar-refractivity contribution in [3.05, 3.63) is 58.7 Å². The molecule has 2 aromatic carbocycles. The highest BCUT2D eigenvalue weighted by Gasteiger charge is 2.14. The van der Waals surface area contributed by atoms with E-state index >= 15 is 0 Å². The van der Waals surface area contributed by atoms with Crippen LogP contribution in [0, 0.1) is 6.92 Å². The van der Waals surface area contributed by atoms with Crippen molar-refractivity contribution in [2.24, 2.45) is 0 Å². The van der Waals surface area contributed by atoms with E-state index in [9.17, 15) is 4.79 Å². The fraction of sp³-hybridized carbons (Fsp3) is 0.278. The third-order valence-corrected chi connectivity index (χ3v) is 4.05. The molecule has 0 spiro atoms. The van der Waals surface area contributed by atoms with Gasteiger partial charge >= 0.3 is 0 Å². The Labute approximate surface area is 125 Å². The topological polar surface area (TPSA) is 41.1 Å². The summed E-state index contributed by atoms with van der Waals surface area (Å²) < 4.78 is 0. The van der Waals surface area contributed by atoms with E-state index in [0.29, 0.717) is 5.56 Å². The minimum absolute atomic E-state index is 0.0685. The highest BCUT2D eigenvalue weighted by atomic mass is 16.1. The molecule has 2 aromatic rings. The van der Waals surface area contributed by atoms with Gasteiger partial charge in [0, 0.05) is 18.4 Å². The zero-order valence-electron chi connectivity index (χ0n) is 12.5. The van der Waals surface area contributed by atoms with Gasteiger partial charge in [-0.2, -0.15) is 0 Å². The van der Waals surface area contributed by atoms with Crippen LogP contribution in [-0.4, -0.2) is 13.0 Å². The predicted octanol–water partition coefficient (Wildman–Crippen LogP) is 3.78. The highest BCUT2D eigenvalue weighted by Crippen LogP contribution is 2.26. The molecular formula is C18H20N2O. The maximum Gasteiger partial charge on any atom is 0.257 e. The maximum absolute atomic E-state index is 12.5. The number of anilines is 2. The molecule has 0 saturated heterocycles. The molecule has 0 atom stereocenters. The second-order valence-corrected chi connectivity index (χ2v) is 5.59. The summed E-state index contributed by atoms with van der Waals surface area (Å²) in [5.74, 6) is -0.0685. The molecule has 3 nitrogen and oxygen atoms in total. The number of nitrogens with one attached hydrogen (secondary N) is 2. The lowest BCUT2D eigenvalue weighted by molar-refractivity contribution is 0.102. The summed E-state index contributed by atoms with van der Waals surface area (Å²) >= 11 is 0. The van der Waals surface area contributed by atoms with Crippen molar-refractivity contribution in [2.75, 3.05) is 17.7 Å². The lowest BCUT2D eigenvalue weighted by Gasteiger charge is -2.11. The number of aryl methyl sites for hydroxylation is 3. The van der Waals surface area contributed by atoms with Crippen LogP contribution in [0.1, 0.15) is 33.5 Å². The SMILES string of the molecule is CNc1ccc(C)cc1C(=O)Nc1ccc2c(c1)CCC2. The van der Waals surface area contributed by atoms with Gasteiger partial charge in [-0.05, 0) is 61.6 Å². The van der Waals surface area contributed by atoms with Gasteiger partial charge < -0.3 is 10.6 Å². The molecule has 0 radical (unpaired) electrons. The molecule has 3 heteroatoms. The maximum atomic E-state index is 12.5. The first kappa shape index (κ1) is 13.7. The number of carbonyl (C=O) groups is 1. The molecule has 0 saturated carbocycles. The monoisotopic (exact) mass is 280 g/mol. The van der Waals surface area contributed by atoms with Crippen LogP contribution in [0.4, 0.5) is 11.4 Å². The molecular weight excluding hydrogens is 260 g/mol. The summed E-state index contributed by atoms with van der Waals surface area (Å²) in [6.07, 6.45) is 3.49. The number of rotatable bonds is 3. The van der Waals surface area contributed by atoms with E-state index in [-0.39, 0.29) is 5.91 Å². The van der Waals surface area contributed by atoms with E-state index in [4.69, 9.17) is 0 Å². The lowest BCUT2D eigenvalue weighted by atomic mass is 10.1. The van der Waals surface area contributed by atoms with E-state index in [2.05, 4.69) is 22.8 Å². The van der Waals surface area contributed by atoms with Gasteiger partial charge in [0.05, 0.1) is 5.56 Å². The van der Waals surface area contributed by atoms with Crippen LogP contribution >= 0.6 is 0 Å². The number of amides is 1. The molecule has 21 heavy (non-hydrogen) atoms. The van der Waals surface area contributed by atoms with Gasteiger partial charge in [-0.3, -0.25) is 4.79 Å². The minimum atomic E-state index is -0.0685. The normalized spacial score (nSPS) is 12.9. The molecule has 1 amide bonds. The van der Waals surface area contributed by atoms with Crippen LogP contribution in [0.2, 0.25) is 0 Å². The smallest absolute Gasteiger partial charge is 0.257 e. The molecule has 0 aromatic heterocycles. The molecule has 1 aliphatic rings. The van der Waals surface area contributed by atoms with Crippen molar-refractivity contribution >= 4 is 17.3 Å². The van der Waals surface area contributed by atoms with Crippen molar-refractivity contribution in [1.29, 1.82) is 0 Å². The lowest BCUT2D eigenvalue weighted by Crippen LogP contribution is -2.14. The summed E-state index contributed by atoms with van der Waals surface area (Å²) in [7, 11) is 1.83. The molecule has 108 valence electrons. The zero-order valence-corrected chi connectivity index (χ0v) is 12.5. The van der Waals surface area contributed by atoms with Gasteiger partial charge in [0.15, 0.2) is 0 Å². The van der Waals surface area contributed by atoms with Crippen molar-refractivity contribution in [3.8, 4) is 0 Å². The Morgan fingerprint density at radius 3 is 2.67 bits per heavy atom. The van der Waals surface area contributed by atoms with E-state index in [1.165, 1.54) is 17.5 Å². The first-order valence-electron chi connectivity index (χ1n) is 7.39. The van der Waals surface area contributed by atoms with Gasteiger partial charge in [0.25, 0.3) is 5.91 Å². The van der Waals surface area contributed by atoms with Gasteiger partial charge in [0.2, 0.25) is 0 Å². The number of carbonyl (C=O) groups excluding carboxylic acids is 1. The predicted molar refractivity (Wildman–Crippen MR) is 87.1 cm³/mol. The van der Waals surface area contributed by atoms with Gasteiger partial charge in [-0.1, -0.05) is 17.7 Å². The van der Waals surface area contributed by atoms with Crippen LogP contribution in [0.25, 0.3) is 0 Å². The summed E-state index contributed by atoms with van der Waals surface area (Å²) in [5, 5.41) is 6.08. The van der Waals surface area contributed by atoms with Crippen LogP contribution in [0.3, 0.4) is 0 Å². The molecule has 0 unspecified atom stereocenters. The van der Waals surface area contributed by atoms with Crippen LogP contribution in [0.5, 0.6) is 0 Å². The molecule has 3 rings (SSSR count). The van der Waals surface area contributed by atoms with E-state index in [0.717, 1.165) is 29.8 Å². The molecule has 0 aliphatic heterocycles. The Morgan fingerprint density at radius 2 is 1.86 bits per heavy atom. The first-order valence-corrected chi connectivity index (χ1v) is 7.39. The van der Waals surface area contributed by atoms with Gasteiger partial charge in [0.1, 0.15) is 0 Å². The molecule has 0 bridgehead atoms. The van der Waals surface area contributed by atoms with E-state index < -0.39 is 0 Å². The zero-order chi connectivity index (χ0) is 14.8. The van der Waals surface area contributed by atoms with Crippen LogP contribution in [-0.2, 0) is 12.8 Å². The third kappa shape index (κ3) is 2.77. The summed E-state index contributed by atoms with van der Waals surface area (Å²) in [4.78, 5) is 12.5. The van der Waals surface area contributed by atoms with Crippen molar-refractivity contribution in [1.82, 2.24) is 0 Å². The van der Waals surface area contributed by atoms with Gasteiger partial charge in [-0.25, -0.2) is 0 Å². The Balaban J connectivity index is 1.85. The summed E-state index contributed by atoms with van der Waals surface area (Å²) in [5.41, 5.74) is 6.26. The standard InChI is InChI=1S/C18H20N2O/c1-12-6-9-17(19-2)16(10-12)18(21)20-15-8-7-13-4-3-5-14(13)11-15/h6-11,19H,3-5H2,1-2H3,(H,20,21). The molecule has 2 N–H and O–H groups in total. The Hall–Kier alpha value is -2.29. The molecule has 0 heterocycles. The number of hydrogen-bond donors (Lipinski definition) is 2. The van der Waals surface area contributed by atoms with E-state index in [1.54, 1.807) is 0 Å². The van der Waals surface area contributed by atoms with Crippen LogP contribution < -0.4 is 10.6 Å². The fourth-order valence-corrected chi connectivity index (χ4v) is 2.91. The number of fused-ring (bicyclic) bond motifs is 1. The first-order chi connectivity index (χ1) is 10.2. The van der Waals surface area contributed by atoms with Crippen molar-refractivity contribution in [2.45, 2.75) is 26.2 Å². The fourth-order valence-electron chi connectivity index (χ4n) is 2.91. The Bertz CT molecular complexity index is 692. The van der Waals surface area contributed by atoms with Gasteiger partial charge in [-0.15, -0.1) is 0 Å². The quantitative estimate of drug-likeness (QED) is 0.898. The average Bonchev–Trinajstić information content (AvgIpc) is 2.94.